The van der Waals surface area contributed by atoms with Crippen LogP contribution < -0.4 is 5.73 Å². The summed E-state index contributed by atoms with van der Waals surface area (Å²) in [6, 6.07) is 7.81. The van der Waals surface area contributed by atoms with Crippen LogP contribution in [0.25, 0.3) is 5.69 Å². The van der Waals surface area contributed by atoms with E-state index in [4.69, 9.17) is 5.73 Å². The largest absolute Gasteiger partial charge is 0.336 e. The lowest BCUT2D eigenvalue weighted by atomic mass is 10.2. The molecule has 1 aromatic heterocycles. The van der Waals surface area contributed by atoms with Gasteiger partial charge in [0.1, 0.15) is 0 Å². The average Bonchev–Trinajstić information content (AvgIpc) is 2.95. The second kappa shape index (κ2) is 5.83. The number of nitrogens with two attached hydrogens (primary N) is 1. The van der Waals surface area contributed by atoms with Gasteiger partial charge in [-0.2, -0.15) is 0 Å². The highest BCUT2D eigenvalue weighted by Crippen LogP contribution is 2.10. The molecule has 0 bridgehead atoms. The van der Waals surface area contributed by atoms with Crippen LogP contribution in [0.15, 0.2) is 30.5 Å². The van der Waals surface area contributed by atoms with E-state index in [2.05, 4.69) is 10.3 Å². The molecule has 1 atom stereocenters. The van der Waals surface area contributed by atoms with E-state index in [0.717, 1.165) is 5.69 Å². The Labute approximate surface area is 118 Å². The fourth-order valence-electron chi connectivity index (χ4n) is 1.72. The molecule has 1 heterocycles. The van der Waals surface area contributed by atoms with Crippen molar-refractivity contribution in [3.05, 3.63) is 41.7 Å². The van der Waals surface area contributed by atoms with Gasteiger partial charge in [0.15, 0.2) is 5.69 Å². The van der Waals surface area contributed by atoms with Gasteiger partial charge >= 0.3 is 0 Å². The first kappa shape index (κ1) is 14.2. The molecule has 1 amide bonds. The fourth-order valence-corrected chi connectivity index (χ4v) is 1.72. The van der Waals surface area contributed by atoms with Gasteiger partial charge in [0.25, 0.3) is 5.91 Å². The summed E-state index contributed by atoms with van der Waals surface area (Å²) in [7, 11) is 1.71. The summed E-state index contributed by atoms with van der Waals surface area (Å²) in [6.07, 6.45) is 1.63. The maximum absolute atomic E-state index is 12.2. The number of benzene rings is 1. The number of likely N-dealkylation sites (N-methyl/N-ethyl adjacent to an activating group) is 1. The highest BCUT2D eigenvalue weighted by Gasteiger charge is 2.19. The van der Waals surface area contributed by atoms with Crippen molar-refractivity contribution < 1.29 is 4.79 Å². The summed E-state index contributed by atoms with van der Waals surface area (Å²) in [5, 5.41) is 7.93. The zero-order chi connectivity index (χ0) is 14.7. The Morgan fingerprint density at radius 3 is 2.65 bits per heavy atom. The van der Waals surface area contributed by atoms with Crippen molar-refractivity contribution in [3.8, 4) is 5.69 Å². The van der Waals surface area contributed by atoms with E-state index < -0.39 is 0 Å². The Morgan fingerprint density at radius 1 is 1.40 bits per heavy atom. The zero-order valence-electron chi connectivity index (χ0n) is 11.9. The molecule has 0 saturated heterocycles. The first-order chi connectivity index (χ1) is 9.52. The van der Waals surface area contributed by atoms with Crippen LogP contribution in [-0.4, -0.2) is 45.4 Å². The summed E-state index contributed by atoms with van der Waals surface area (Å²) in [5.74, 6) is -0.179. The number of rotatable bonds is 4. The molecule has 0 aliphatic carbocycles. The third-order valence-electron chi connectivity index (χ3n) is 3.33. The summed E-state index contributed by atoms with van der Waals surface area (Å²) >= 11 is 0. The summed E-state index contributed by atoms with van der Waals surface area (Å²) in [5.41, 5.74) is 7.92. The molecule has 0 fully saturated rings. The lowest BCUT2D eigenvalue weighted by Gasteiger charge is -2.22. The third-order valence-corrected chi connectivity index (χ3v) is 3.33. The summed E-state index contributed by atoms with van der Waals surface area (Å²) in [6.45, 7) is 4.32. The van der Waals surface area contributed by atoms with Crippen LogP contribution in [0.1, 0.15) is 23.0 Å². The number of amides is 1. The molecule has 106 valence electrons. The van der Waals surface area contributed by atoms with Crippen LogP contribution in [0.3, 0.4) is 0 Å². The van der Waals surface area contributed by atoms with Gasteiger partial charge in [-0.25, -0.2) is 4.68 Å². The van der Waals surface area contributed by atoms with Crippen molar-refractivity contribution in [1.82, 2.24) is 19.9 Å². The smallest absolute Gasteiger partial charge is 0.276 e. The number of aryl methyl sites for hydroxylation is 1. The Kier molecular flexibility index (Phi) is 4.14. The number of carbonyl (C=O) groups excluding carboxylic acids is 1. The Bertz CT molecular complexity index is 590. The van der Waals surface area contributed by atoms with Crippen LogP contribution in [0.5, 0.6) is 0 Å². The molecule has 0 saturated carbocycles. The maximum Gasteiger partial charge on any atom is 0.276 e. The predicted octanol–water partition coefficient (Wildman–Crippen LogP) is 0.995. The van der Waals surface area contributed by atoms with Gasteiger partial charge in [0.2, 0.25) is 0 Å². The van der Waals surface area contributed by atoms with E-state index in [1.54, 1.807) is 22.8 Å². The quantitative estimate of drug-likeness (QED) is 0.901. The van der Waals surface area contributed by atoms with Crippen LogP contribution in [0, 0.1) is 6.92 Å². The average molecular weight is 273 g/mol. The van der Waals surface area contributed by atoms with Crippen LogP contribution in [0.4, 0.5) is 0 Å². The first-order valence-electron chi connectivity index (χ1n) is 6.49. The minimum atomic E-state index is -0.179. The number of aromatic nitrogens is 3. The fraction of sp³-hybridized carbons (Fsp3) is 0.357. The van der Waals surface area contributed by atoms with Gasteiger partial charge in [-0.05, 0) is 26.0 Å². The van der Waals surface area contributed by atoms with Gasteiger partial charge in [0, 0.05) is 19.6 Å². The molecule has 0 spiro atoms. The molecule has 0 aliphatic heterocycles. The maximum atomic E-state index is 12.2. The van der Waals surface area contributed by atoms with Crippen molar-refractivity contribution in [1.29, 1.82) is 0 Å². The van der Waals surface area contributed by atoms with E-state index in [1.807, 2.05) is 38.1 Å². The number of hydrogen-bond donors (Lipinski definition) is 1. The van der Waals surface area contributed by atoms with Crippen molar-refractivity contribution in [2.45, 2.75) is 19.9 Å². The predicted molar refractivity (Wildman–Crippen MR) is 76.7 cm³/mol. The van der Waals surface area contributed by atoms with E-state index in [9.17, 15) is 4.79 Å². The first-order valence-corrected chi connectivity index (χ1v) is 6.49. The number of nitrogens with zero attached hydrogens (tertiary/aromatic N) is 4. The second-order valence-corrected chi connectivity index (χ2v) is 4.88. The minimum Gasteiger partial charge on any atom is -0.336 e. The Hall–Kier alpha value is -2.21. The lowest BCUT2D eigenvalue weighted by Crippen LogP contribution is -2.39. The standard InChI is InChI=1S/C14H19N5O/c1-10-4-6-12(7-5-10)19-9-13(16-17-19)14(20)18(3)11(2)8-15/h4-7,9,11H,8,15H2,1-3H3. The van der Waals surface area contributed by atoms with E-state index in [1.165, 1.54) is 5.56 Å². The van der Waals surface area contributed by atoms with Gasteiger partial charge in [0.05, 0.1) is 11.9 Å². The molecule has 20 heavy (non-hydrogen) atoms. The van der Waals surface area contributed by atoms with Gasteiger partial charge in [-0.15, -0.1) is 5.10 Å². The molecule has 2 rings (SSSR count). The van der Waals surface area contributed by atoms with E-state index in [0.29, 0.717) is 12.2 Å². The van der Waals surface area contributed by atoms with Crippen molar-refractivity contribution >= 4 is 5.91 Å². The second-order valence-electron chi connectivity index (χ2n) is 4.88. The van der Waals surface area contributed by atoms with Crippen molar-refractivity contribution in [2.24, 2.45) is 5.73 Å². The molecular formula is C14H19N5O. The molecule has 2 aromatic rings. The normalized spacial score (nSPS) is 12.2. The lowest BCUT2D eigenvalue weighted by molar-refractivity contribution is 0.0742. The van der Waals surface area contributed by atoms with Gasteiger partial charge < -0.3 is 10.6 Å². The Balaban J connectivity index is 2.20. The molecule has 0 aliphatic rings. The number of hydrogen-bond acceptors (Lipinski definition) is 4. The minimum absolute atomic E-state index is 0.0352. The summed E-state index contributed by atoms with van der Waals surface area (Å²) < 4.78 is 1.59. The molecule has 0 radical (unpaired) electrons. The van der Waals surface area contributed by atoms with Crippen LogP contribution in [-0.2, 0) is 0 Å². The van der Waals surface area contributed by atoms with Gasteiger partial charge in [-0.3, -0.25) is 4.79 Å². The Morgan fingerprint density at radius 2 is 2.05 bits per heavy atom. The van der Waals surface area contributed by atoms with Crippen LogP contribution in [0.2, 0.25) is 0 Å². The SMILES string of the molecule is Cc1ccc(-n2cc(C(=O)N(C)C(C)CN)nn2)cc1. The highest BCUT2D eigenvalue weighted by atomic mass is 16.2. The van der Waals surface area contributed by atoms with Crippen molar-refractivity contribution in [3.63, 3.8) is 0 Å². The molecule has 6 heteroatoms. The molecule has 2 N–H and O–H groups in total. The highest BCUT2D eigenvalue weighted by molar-refractivity contribution is 5.92. The molecular weight excluding hydrogens is 254 g/mol. The van der Waals surface area contributed by atoms with E-state index >= 15 is 0 Å². The third kappa shape index (κ3) is 2.85. The number of carbonyl (C=O) groups is 1. The topological polar surface area (TPSA) is 77.0 Å². The van der Waals surface area contributed by atoms with Crippen LogP contribution >= 0.6 is 0 Å². The van der Waals surface area contributed by atoms with Gasteiger partial charge in [-0.1, -0.05) is 22.9 Å². The molecule has 1 unspecified atom stereocenters. The monoisotopic (exact) mass is 273 g/mol. The zero-order valence-corrected chi connectivity index (χ0v) is 11.9. The van der Waals surface area contributed by atoms with Crippen molar-refractivity contribution in [2.75, 3.05) is 13.6 Å². The van der Waals surface area contributed by atoms with E-state index in [-0.39, 0.29) is 11.9 Å². The summed E-state index contributed by atoms with van der Waals surface area (Å²) in [4.78, 5) is 13.8. The molecule has 6 nitrogen and oxygen atoms in total. The molecule has 1 aromatic carbocycles.